The lowest BCUT2D eigenvalue weighted by Crippen LogP contribution is -2.35. The minimum absolute atomic E-state index is 0.0144. The number of benzene rings is 1. The van der Waals surface area contributed by atoms with E-state index in [0.29, 0.717) is 30.1 Å². The highest BCUT2D eigenvalue weighted by Crippen LogP contribution is 2.28. The summed E-state index contributed by atoms with van der Waals surface area (Å²) in [5.74, 6) is 0.177. The number of carbonyl (C=O) groups excluding carboxylic acids is 1. The van der Waals surface area contributed by atoms with Gasteiger partial charge in [0.2, 0.25) is 0 Å². The van der Waals surface area contributed by atoms with Gasteiger partial charge in [-0.05, 0) is 19.0 Å². The first kappa shape index (κ1) is 13.0. The molecule has 1 saturated heterocycles. The third-order valence-corrected chi connectivity index (χ3v) is 3.36. The predicted molar refractivity (Wildman–Crippen MR) is 67.6 cm³/mol. The molecule has 1 aliphatic rings. The number of Topliss-reactive ketones (excluding diaryl/α,β-unsaturated/α-hetero) is 1. The Morgan fingerprint density at radius 3 is 2.89 bits per heavy atom. The molecule has 0 radical (unpaired) electrons. The minimum atomic E-state index is -0.438. The third-order valence-electron chi connectivity index (χ3n) is 3.00. The number of halogens is 1. The van der Waals surface area contributed by atoms with Gasteiger partial charge in [-0.1, -0.05) is 17.7 Å². The largest absolute Gasteiger partial charge is 0.298 e. The highest BCUT2D eigenvalue weighted by Gasteiger charge is 2.22. The van der Waals surface area contributed by atoms with E-state index in [1.807, 2.05) is 4.90 Å². The Morgan fingerprint density at radius 1 is 1.44 bits per heavy atom. The van der Waals surface area contributed by atoms with E-state index >= 15 is 0 Å². The normalized spacial score (nSPS) is 16.8. The molecule has 0 saturated carbocycles. The second-order valence-electron chi connectivity index (χ2n) is 4.35. The van der Waals surface area contributed by atoms with Crippen LogP contribution in [0.1, 0.15) is 18.4 Å². The molecule has 1 aromatic rings. The molecule has 0 aromatic heterocycles. The molecule has 0 aliphatic carbocycles. The molecule has 1 heterocycles. The number of nitro benzene ring substituents is 1. The van der Waals surface area contributed by atoms with Crippen LogP contribution in [-0.2, 0) is 11.3 Å². The Hall–Kier alpha value is -1.46. The summed E-state index contributed by atoms with van der Waals surface area (Å²) in [5.41, 5.74) is 0.499. The summed E-state index contributed by atoms with van der Waals surface area (Å²) in [5, 5.41) is 11.3. The molecule has 0 atom stereocenters. The number of carbonyl (C=O) groups is 1. The summed E-state index contributed by atoms with van der Waals surface area (Å²) in [4.78, 5) is 23.8. The van der Waals surface area contributed by atoms with E-state index in [0.717, 1.165) is 13.0 Å². The van der Waals surface area contributed by atoms with Crippen molar-refractivity contribution in [2.45, 2.75) is 19.4 Å². The molecule has 2 rings (SSSR count). The maximum absolute atomic E-state index is 11.4. The molecule has 0 amide bonds. The molecule has 1 aromatic carbocycles. The SMILES string of the molecule is O=C1CCCN(Cc2c(Cl)cccc2[N+](=O)[O-])C1. The summed E-state index contributed by atoms with van der Waals surface area (Å²) in [6, 6.07) is 4.63. The monoisotopic (exact) mass is 268 g/mol. The zero-order chi connectivity index (χ0) is 13.1. The van der Waals surface area contributed by atoms with Crippen molar-refractivity contribution in [2.75, 3.05) is 13.1 Å². The Balaban J connectivity index is 2.22. The number of hydrogen-bond donors (Lipinski definition) is 0. The highest BCUT2D eigenvalue weighted by atomic mass is 35.5. The fourth-order valence-electron chi connectivity index (χ4n) is 2.14. The van der Waals surface area contributed by atoms with Crippen LogP contribution >= 0.6 is 11.6 Å². The van der Waals surface area contributed by atoms with Crippen molar-refractivity contribution in [1.82, 2.24) is 4.90 Å². The molecule has 0 spiro atoms. The lowest BCUT2D eigenvalue weighted by atomic mass is 10.1. The average molecular weight is 269 g/mol. The molecule has 96 valence electrons. The fourth-order valence-corrected chi connectivity index (χ4v) is 2.37. The first-order valence-corrected chi connectivity index (χ1v) is 6.11. The topological polar surface area (TPSA) is 63.5 Å². The van der Waals surface area contributed by atoms with E-state index in [2.05, 4.69) is 0 Å². The number of piperidine rings is 1. The summed E-state index contributed by atoms with van der Waals surface area (Å²) in [7, 11) is 0. The van der Waals surface area contributed by atoms with Gasteiger partial charge < -0.3 is 0 Å². The zero-order valence-electron chi connectivity index (χ0n) is 9.76. The van der Waals surface area contributed by atoms with Crippen molar-refractivity contribution < 1.29 is 9.72 Å². The molecule has 1 aliphatic heterocycles. The van der Waals surface area contributed by atoms with Crippen molar-refractivity contribution in [1.29, 1.82) is 0 Å². The Bertz CT molecular complexity index is 490. The van der Waals surface area contributed by atoms with Gasteiger partial charge in [-0.3, -0.25) is 19.8 Å². The number of nitro groups is 1. The van der Waals surface area contributed by atoms with Crippen LogP contribution in [0, 0.1) is 10.1 Å². The Kier molecular flexibility index (Phi) is 3.93. The van der Waals surface area contributed by atoms with Gasteiger partial charge in [0.15, 0.2) is 0 Å². The van der Waals surface area contributed by atoms with Crippen LogP contribution in [-0.4, -0.2) is 28.7 Å². The Labute approximate surface area is 109 Å². The van der Waals surface area contributed by atoms with E-state index in [-0.39, 0.29) is 11.5 Å². The maximum Gasteiger partial charge on any atom is 0.275 e. The highest BCUT2D eigenvalue weighted by molar-refractivity contribution is 6.31. The molecular weight excluding hydrogens is 256 g/mol. The number of ketones is 1. The van der Waals surface area contributed by atoms with Gasteiger partial charge in [0.05, 0.1) is 22.1 Å². The second kappa shape index (κ2) is 5.46. The van der Waals surface area contributed by atoms with Gasteiger partial charge in [0.25, 0.3) is 5.69 Å². The van der Waals surface area contributed by atoms with Gasteiger partial charge in [0.1, 0.15) is 5.78 Å². The quantitative estimate of drug-likeness (QED) is 0.624. The zero-order valence-corrected chi connectivity index (χ0v) is 10.5. The first-order chi connectivity index (χ1) is 8.58. The Morgan fingerprint density at radius 2 is 2.22 bits per heavy atom. The molecular formula is C12H13ClN2O3. The van der Waals surface area contributed by atoms with Gasteiger partial charge in [0, 0.05) is 19.0 Å². The van der Waals surface area contributed by atoms with Crippen LogP contribution in [0.25, 0.3) is 0 Å². The van der Waals surface area contributed by atoms with Crippen LogP contribution in [0.2, 0.25) is 5.02 Å². The number of rotatable bonds is 3. The summed E-state index contributed by atoms with van der Waals surface area (Å²) >= 11 is 6.01. The lowest BCUT2D eigenvalue weighted by molar-refractivity contribution is -0.385. The predicted octanol–water partition coefficient (Wildman–Crippen LogP) is 2.41. The third kappa shape index (κ3) is 2.86. The van der Waals surface area contributed by atoms with Crippen LogP contribution in [0.3, 0.4) is 0 Å². The fraction of sp³-hybridized carbons (Fsp3) is 0.417. The smallest absolute Gasteiger partial charge is 0.275 e. The van der Waals surface area contributed by atoms with E-state index in [1.165, 1.54) is 6.07 Å². The van der Waals surface area contributed by atoms with Crippen LogP contribution < -0.4 is 0 Å². The summed E-state index contributed by atoms with van der Waals surface area (Å²) in [6.07, 6.45) is 1.40. The number of likely N-dealkylation sites (tertiary alicyclic amines) is 1. The van der Waals surface area contributed by atoms with E-state index < -0.39 is 4.92 Å². The van der Waals surface area contributed by atoms with Crippen LogP contribution in [0.15, 0.2) is 18.2 Å². The van der Waals surface area contributed by atoms with Crippen molar-refractivity contribution in [2.24, 2.45) is 0 Å². The first-order valence-electron chi connectivity index (χ1n) is 5.74. The molecule has 0 unspecified atom stereocenters. The number of nitrogens with zero attached hydrogens (tertiary/aromatic N) is 2. The minimum Gasteiger partial charge on any atom is -0.298 e. The van der Waals surface area contributed by atoms with Gasteiger partial charge in [-0.15, -0.1) is 0 Å². The number of hydrogen-bond acceptors (Lipinski definition) is 4. The molecule has 6 heteroatoms. The van der Waals surface area contributed by atoms with Gasteiger partial charge in [-0.25, -0.2) is 0 Å². The van der Waals surface area contributed by atoms with E-state index in [4.69, 9.17) is 11.6 Å². The van der Waals surface area contributed by atoms with E-state index in [1.54, 1.807) is 12.1 Å². The van der Waals surface area contributed by atoms with Crippen molar-refractivity contribution in [3.05, 3.63) is 38.9 Å². The molecule has 18 heavy (non-hydrogen) atoms. The van der Waals surface area contributed by atoms with Gasteiger partial charge in [-0.2, -0.15) is 0 Å². The molecule has 1 fully saturated rings. The van der Waals surface area contributed by atoms with Crippen molar-refractivity contribution in [3.8, 4) is 0 Å². The van der Waals surface area contributed by atoms with Crippen molar-refractivity contribution in [3.63, 3.8) is 0 Å². The molecule has 5 nitrogen and oxygen atoms in total. The summed E-state index contributed by atoms with van der Waals surface area (Å²) in [6.45, 7) is 1.47. The van der Waals surface area contributed by atoms with Crippen LogP contribution in [0.5, 0.6) is 0 Å². The molecule has 0 bridgehead atoms. The maximum atomic E-state index is 11.4. The lowest BCUT2D eigenvalue weighted by Gasteiger charge is -2.25. The van der Waals surface area contributed by atoms with Crippen LogP contribution in [0.4, 0.5) is 5.69 Å². The molecule has 0 N–H and O–H groups in total. The van der Waals surface area contributed by atoms with Gasteiger partial charge >= 0.3 is 0 Å². The van der Waals surface area contributed by atoms with E-state index in [9.17, 15) is 14.9 Å². The average Bonchev–Trinajstić information content (AvgIpc) is 2.31. The second-order valence-corrected chi connectivity index (χ2v) is 4.75. The standard InChI is InChI=1S/C12H13ClN2O3/c13-11-4-1-5-12(15(17)18)10(11)8-14-6-2-3-9(16)7-14/h1,4-5H,2-3,6-8H2. The summed E-state index contributed by atoms with van der Waals surface area (Å²) < 4.78 is 0. The van der Waals surface area contributed by atoms with Crippen molar-refractivity contribution >= 4 is 23.1 Å².